The van der Waals surface area contributed by atoms with Gasteiger partial charge < -0.3 is 5.11 Å². The van der Waals surface area contributed by atoms with Crippen LogP contribution in [0.15, 0.2) is 24.3 Å². The third-order valence-electron chi connectivity index (χ3n) is 2.67. The summed E-state index contributed by atoms with van der Waals surface area (Å²) in [5.74, 6) is 1.25. The van der Waals surface area contributed by atoms with Crippen molar-refractivity contribution >= 4 is 11.8 Å². The fraction of sp³-hybridized carbons (Fsp3) is 0.500. The summed E-state index contributed by atoms with van der Waals surface area (Å²) in [5.41, 5.74) is -5.49. The Morgan fingerprint density at radius 1 is 0.950 bits per heavy atom. The van der Waals surface area contributed by atoms with Crippen LogP contribution in [0.2, 0.25) is 0 Å². The summed E-state index contributed by atoms with van der Waals surface area (Å²) in [6.07, 6.45) is -11.7. The first-order valence-corrected chi connectivity index (χ1v) is 6.72. The number of aliphatic hydroxyl groups is 1. The van der Waals surface area contributed by atoms with Crippen molar-refractivity contribution in [1.29, 1.82) is 0 Å². The van der Waals surface area contributed by atoms with E-state index in [1.54, 1.807) is 0 Å². The number of alkyl halides is 6. The molecule has 1 aromatic carbocycles. The highest BCUT2D eigenvalue weighted by atomic mass is 32.2. The summed E-state index contributed by atoms with van der Waals surface area (Å²) in [6.45, 7) is 1.88. The second-order valence-corrected chi connectivity index (χ2v) is 5.31. The Labute approximate surface area is 116 Å². The predicted octanol–water partition coefficient (Wildman–Crippen LogP) is 4.25. The maximum absolute atomic E-state index is 12.6. The van der Waals surface area contributed by atoms with E-state index in [0.29, 0.717) is 23.4 Å². The molecular formula is C12H12F6OS. The lowest BCUT2D eigenvalue weighted by Crippen LogP contribution is -2.53. The fourth-order valence-electron chi connectivity index (χ4n) is 1.55. The van der Waals surface area contributed by atoms with Crippen LogP contribution in [0.1, 0.15) is 18.1 Å². The zero-order chi connectivity index (χ0) is 15.6. The number of thioether (sulfide) groups is 1. The number of halogens is 6. The maximum atomic E-state index is 12.6. The SMILES string of the molecule is CCSCc1ccc(C(O)(C(F)(F)F)C(F)(F)F)cc1. The van der Waals surface area contributed by atoms with Crippen LogP contribution in [0.4, 0.5) is 26.3 Å². The van der Waals surface area contributed by atoms with Gasteiger partial charge in [-0.2, -0.15) is 38.1 Å². The van der Waals surface area contributed by atoms with Gasteiger partial charge in [0.25, 0.3) is 5.60 Å². The van der Waals surface area contributed by atoms with E-state index in [9.17, 15) is 26.3 Å². The van der Waals surface area contributed by atoms with Gasteiger partial charge in [-0.25, -0.2) is 0 Å². The zero-order valence-electron chi connectivity index (χ0n) is 10.3. The number of benzene rings is 1. The first kappa shape index (κ1) is 17.2. The third kappa shape index (κ3) is 3.22. The molecular weight excluding hydrogens is 306 g/mol. The lowest BCUT2D eigenvalue weighted by Gasteiger charge is -2.32. The normalized spacial score (nSPS) is 13.6. The molecule has 0 atom stereocenters. The van der Waals surface area contributed by atoms with Gasteiger partial charge in [-0.1, -0.05) is 31.2 Å². The molecule has 114 valence electrons. The summed E-state index contributed by atoms with van der Waals surface area (Å²) >= 11 is 1.48. The lowest BCUT2D eigenvalue weighted by atomic mass is 9.92. The van der Waals surface area contributed by atoms with Gasteiger partial charge in [0.05, 0.1) is 0 Å². The first-order valence-electron chi connectivity index (χ1n) is 5.57. The van der Waals surface area contributed by atoms with Gasteiger partial charge in [0.2, 0.25) is 0 Å². The number of hydrogen-bond acceptors (Lipinski definition) is 2. The summed E-state index contributed by atoms with van der Waals surface area (Å²) < 4.78 is 75.7. The van der Waals surface area contributed by atoms with E-state index in [-0.39, 0.29) is 0 Å². The summed E-state index contributed by atoms with van der Waals surface area (Å²) in [6, 6.07) is 3.62. The molecule has 0 unspecified atom stereocenters. The highest BCUT2D eigenvalue weighted by Crippen LogP contribution is 2.49. The van der Waals surface area contributed by atoms with Gasteiger partial charge in [0, 0.05) is 11.3 Å². The van der Waals surface area contributed by atoms with E-state index in [4.69, 9.17) is 5.11 Å². The molecule has 0 amide bonds. The van der Waals surface area contributed by atoms with Gasteiger partial charge in [-0.05, 0) is 11.3 Å². The Hall–Kier alpha value is -0.890. The molecule has 0 aliphatic heterocycles. The molecule has 0 saturated carbocycles. The van der Waals surface area contributed by atoms with E-state index >= 15 is 0 Å². The molecule has 0 spiro atoms. The minimum Gasteiger partial charge on any atom is -0.369 e. The van der Waals surface area contributed by atoms with Crippen LogP contribution in [0, 0.1) is 0 Å². The standard InChI is InChI=1S/C12H12F6OS/c1-2-20-7-8-3-5-9(6-4-8)10(19,11(13,14)15)12(16,17)18/h3-6,19H,2,7H2,1H3. The predicted molar refractivity (Wildman–Crippen MR) is 64.3 cm³/mol. The van der Waals surface area contributed by atoms with Crippen molar-refractivity contribution in [3.05, 3.63) is 35.4 Å². The lowest BCUT2D eigenvalue weighted by molar-refractivity contribution is -0.376. The molecule has 1 nitrogen and oxygen atoms in total. The van der Waals surface area contributed by atoms with Crippen LogP contribution in [0.3, 0.4) is 0 Å². The van der Waals surface area contributed by atoms with Crippen molar-refractivity contribution in [2.45, 2.75) is 30.6 Å². The molecule has 20 heavy (non-hydrogen) atoms. The molecule has 0 bridgehead atoms. The van der Waals surface area contributed by atoms with Crippen molar-refractivity contribution in [2.75, 3.05) is 5.75 Å². The highest BCUT2D eigenvalue weighted by Gasteiger charge is 2.71. The maximum Gasteiger partial charge on any atom is 0.430 e. The van der Waals surface area contributed by atoms with E-state index in [2.05, 4.69) is 0 Å². The molecule has 0 heterocycles. The Balaban J connectivity index is 3.17. The first-order chi connectivity index (χ1) is 9.04. The average Bonchev–Trinajstić information content (AvgIpc) is 2.33. The van der Waals surface area contributed by atoms with Crippen molar-refractivity contribution in [1.82, 2.24) is 0 Å². The average molecular weight is 318 g/mol. The van der Waals surface area contributed by atoms with Crippen molar-refractivity contribution in [2.24, 2.45) is 0 Å². The summed E-state index contributed by atoms with van der Waals surface area (Å²) in [7, 11) is 0. The van der Waals surface area contributed by atoms with Crippen LogP contribution >= 0.6 is 11.8 Å². The van der Waals surface area contributed by atoms with E-state index in [1.165, 1.54) is 11.8 Å². The van der Waals surface area contributed by atoms with Crippen molar-refractivity contribution in [3.63, 3.8) is 0 Å². The molecule has 0 aliphatic carbocycles. The smallest absolute Gasteiger partial charge is 0.369 e. The molecule has 0 fully saturated rings. The van der Waals surface area contributed by atoms with Crippen molar-refractivity contribution in [3.8, 4) is 0 Å². The number of hydrogen-bond donors (Lipinski definition) is 1. The fourth-order valence-corrected chi connectivity index (χ4v) is 2.18. The Morgan fingerprint density at radius 2 is 1.40 bits per heavy atom. The second kappa shape index (κ2) is 5.85. The second-order valence-electron chi connectivity index (χ2n) is 4.04. The molecule has 0 aromatic heterocycles. The largest absolute Gasteiger partial charge is 0.430 e. The minimum atomic E-state index is -5.84. The molecule has 8 heteroatoms. The highest BCUT2D eigenvalue weighted by molar-refractivity contribution is 7.98. The van der Waals surface area contributed by atoms with Crippen LogP contribution in [-0.4, -0.2) is 23.2 Å². The summed E-state index contributed by atoms with van der Waals surface area (Å²) in [4.78, 5) is 0. The van der Waals surface area contributed by atoms with E-state index in [0.717, 1.165) is 17.9 Å². The molecule has 0 aliphatic rings. The molecule has 1 aromatic rings. The Kier molecular flexibility index (Phi) is 5.02. The van der Waals surface area contributed by atoms with Crippen LogP contribution in [0.25, 0.3) is 0 Å². The molecule has 1 N–H and O–H groups in total. The van der Waals surface area contributed by atoms with Crippen LogP contribution in [0.5, 0.6) is 0 Å². The van der Waals surface area contributed by atoms with E-state index in [1.807, 2.05) is 6.92 Å². The molecule has 1 rings (SSSR count). The van der Waals surface area contributed by atoms with Gasteiger partial charge >= 0.3 is 12.4 Å². The van der Waals surface area contributed by atoms with E-state index < -0.39 is 23.5 Å². The molecule has 0 saturated heterocycles. The Bertz CT molecular complexity index is 423. The Morgan fingerprint density at radius 3 is 1.75 bits per heavy atom. The van der Waals surface area contributed by atoms with Gasteiger partial charge in [0.1, 0.15) is 0 Å². The third-order valence-corrected chi connectivity index (χ3v) is 3.61. The van der Waals surface area contributed by atoms with Crippen molar-refractivity contribution < 1.29 is 31.4 Å². The van der Waals surface area contributed by atoms with Gasteiger partial charge in [-0.3, -0.25) is 0 Å². The van der Waals surface area contributed by atoms with Gasteiger partial charge in [0.15, 0.2) is 0 Å². The summed E-state index contributed by atoms with van der Waals surface area (Å²) in [5, 5.41) is 9.17. The molecule has 0 radical (unpaired) electrons. The monoisotopic (exact) mass is 318 g/mol. The van der Waals surface area contributed by atoms with Gasteiger partial charge in [-0.15, -0.1) is 0 Å². The minimum absolute atomic E-state index is 0.479. The quantitative estimate of drug-likeness (QED) is 0.838. The van der Waals surface area contributed by atoms with Crippen LogP contribution < -0.4 is 0 Å². The number of rotatable bonds is 4. The van der Waals surface area contributed by atoms with Crippen LogP contribution in [-0.2, 0) is 11.4 Å². The zero-order valence-corrected chi connectivity index (χ0v) is 11.2. The topological polar surface area (TPSA) is 20.2 Å².